The fourth-order valence-corrected chi connectivity index (χ4v) is 1.39. The fourth-order valence-electron chi connectivity index (χ4n) is 1.39. The van der Waals surface area contributed by atoms with Crippen molar-refractivity contribution in [1.82, 2.24) is 0 Å². The summed E-state index contributed by atoms with van der Waals surface area (Å²) < 4.78 is 53.8. The van der Waals surface area contributed by atoms with Crippen LogP contribution < -0.4 is 10.5 Å². The maximum atomic E-state index is 13.1. The summed E-state index contributed by atoms with van der Waals surface area (Å²) in [6, 6.07) is 3.02. The largest absolute Gasteiger partial charge is 0.494 e. The summed E-state index contributed by atoms with van der Waals surface area (Å²) in [5.41, 5.74) is 6.02. The molecule has 0 aliphatic carbocycles. The van der Waals surface area contributed by atoms with Crippen molar-refractivity contribution in [3.63, 3.8) is 0 Å². The maximum Gasteiger partial charge on any atom is 0.389 e. The third-order valence-corrected chi connectivity index (χ3v) is 2.34. The number of halogens is 4. The van der Waals surface area contributed by atoms with Crippen molar-refractivity contribution in [3.8, 4) is 5.75 Å². The molecule has 2 nitrogen and oxygen atoms in total. The highest BCUT2D eigenvalue weighted by molar-refractivity contribution is 5.31. The average Bonchev–Trinajstić information content (AvgIpc) is 2.25. The predicted molar refractivity (Wildman–Crippen MR) is 55.2 cm³/mol. The molecule has 1 aromatic carbocycles. The zero-order valence-corrected chi connectivity index (χ0v) is 9.22. The summed E-state index contributed by atoms with van der Waals surface area (Å²) in [4.78, 5) is 0. The Morgan fingerprint density at radius 2 is 2.00 bits per heavy atom. The number of nitrogens with two attached hydrogens (primary N) is 1. The number of ether oxygens (including phenoxy) is 1. The summed E-state index contributed by atoms with van der Waals surface area (Å²) in [5.74, 6) is -0.593. The van der Waals surface area contributed by atoms with Gasteiger partial charge in [0.1, 0.15) is 0 Å². The summed E-state index contributed by atoms with van der Waals surface area (Å²) >= 11 is 0. The maximum absolute atomic E-state index is 13.1. The van der Waals surface area contributed by atoms with Gasteiger partial charge in [0.25, 0.3) is 0 Å². The second-order valence-corrected chi connectivity index (χ2v) is 3.65. The Bertz CT molecular complexity index is 378. The minimum absolute atomic E-state index is 0.0232. The minimum Gasteiger partial charge on any atom is -0.494 e. The van der Waals surface area contributed by atoms with Crippen molar-refractivity contribution >= 4 is 0 Å². The first-order valence-electron chi connectivity index (χ1n) is 4.99. The molecule has 0 spiro atoms. The van der Waals surface area contributed by atoms with Crippen molar-refractivity contribution in [3.05, 3.63) is 29.6 Å². The van der Waals surface area contributed by atoms with Crippen molar-refractivity contribution in [2.75, 3.05) is 7.11 Å². The smallest absolute Gasteiger partial charge is 0.389 e. The molecule has 0 aliphatic heterocycles. The quantitative estimate of drug-likeness (QED) is 0.834. The van der Waals surface area contributed by atoms with E-state index in [1.165, 1.54) is 19.2 Å². The summed E-state index contributed by atoms with van der Waals surface area (Å²) in [6.07, 6.45) is -5.44. The van der Waals surface area contributed by atoms with Crippen LogP contribution in [0.3, 0.4) is 0 Å². The zero-order valence-electron chi connectivity index (χ0n) is 9.22. The Balaban J connectivity index is 2.72. The molecule has 0 bridgehead atoms. The van der Waals surface area contributed by atoms with Gasteiger partial charge in [-0.15, -0.1) is 0 Å². The van der Waals surface area contributed by atoms with Gasteiger partial charge in [0.2, 0.25) is 0 Å². The lowest BCUT2D eigenvalue weighted by Crippen LogP contribution is -2.16. The number of hydrogen-bond acceptors (Lipinski definition) is 2. The molecule has 1 atom stereocenters. The molecule has 0 saturated heterocycles. The van der Waals surface area contributed by atoms with E-state index in [2.05, 4.69) is 0 Å². The molecule has 96 valence electrons. The topological polar surface area (TPSA) is 35.2 Å². The third kappa shape index (κ3) is 4.22. The molecule has 0 radical (unpaired) electrons. The van der Waals surface area contributed by atoms with E-state index in [-0.39, 0.29) is 12.2 Å². The molecule has 1 aromatic rings. The van der Waals surface area contributed by atoms with E-state index in [9.17, 15) is 17.6 Å². The lowest BCUT2D eigenvalue weighted by atomic mass is 10.0. The molecule has 0 saturated carbocycles. The van der Waals surface area contributed by atoms with E-state index in [0.29, 0.717) is 5.56 Å². The van der Waals surface area contributed by atoms with E-state index in [4.69, 9.17) is 10.5 Å². The standard InChI is InChI=1S/C11H13F4NO/c1-17-10-6-7(2-3-8(10)12)9(16)4-5-11(13,14)15/h2-3,6,9H,4-5,16H2,1H3. The molecule has 2 N–H and O–H groups in total. The summed E-state index contributed by atoms with van der Waals surface area (Å²) in [7, 11) is 1.28. The molecule has 0 aliphatic rings. The first kappa shape index (κ1) is 13.8. The van der Waals surface area contributed by atoms with Crippen LogP contribution in [0.1, 0.15) is 24.4 Å². The van der Waals surface area contributed by atoms with Gasteiger partial charge in [-0.2, -0.15) is 13.2 Å². The normalized spacial score (nSPS) is 13.5. The van der Waals surface area contributed by atoms with Crippen LogP contribution in [0, 0.1) is 5.82 Å². The monoisotopic (exact) mass is 251 g/mol. The van der Waals surface area contributed by atoms with Gasteiger partial charge in [-0.25, -0.2) is 4.39 Å². The van der Waals surface area contributed by atoms with E-state index in [1.807, 2.05) is 0 Å². The molecule has 6 heteroatoms. The molecule has 1 rings (SSSR count). The van der Waals surface area contributed by atoms with Crippen molar-refractivity contribution in [2.24, 2.45) is 5.73 Å². The van der Waals surface area contributed by atoms with Crippen LogP contribution in [0.25, 0.3) is 0 Å². The lowest BCUT2D eigenvalue weighted by molar-refractivity contribution is -0.136. The highest BCUT2D eigenvalue weighted by atomic mass is 19.4. The van der Waals surface area contributed by atoms with Crippen LogP contribution in [0.5, 0.6) is 5.75 Å². The van der Waals surface area contributed by atoms with Gasteiger partial charge in [0.05, 0.1) is 7.11 Å². The van der Waals surface area contributed by atoms with Gasteiger partial charge >= 0.3 is 6.18 Å². The van der Waals surface area contributed by atoms with Crippen molar-refractivity contribution < 1.29 is 22.3 Å². The fraction of sp³-hybridized carbons (Fsp3) is 0.455. The highest BCUT2D eigenvalue weighted by Crippen LogP contribution is 2.28. The number of methoxy groups -OCH3 is 1. The molecule has 0 fully saturated rings. The summed E-state index contributed by atoms with van der Waals surface area (Å²) in [6.45, 7) is 0. The van der Waals surface area contributed by atoms with Gasteiger partial charge in [0, 0.05) is 12.5 Å². The van der Waals surface area contributed by atoms with Crippen LogP contribution in [-0.4, -0.2) is 13.3 Å². The Kier molecular flexibility index (Phi) is 4.34. The van der Waals surface area contributed by atoms with E-state index < -0.39 is 24.5 Å². The van der Waals surface area contributed by atoms with Crippen LogP contribution in [0.2, 0.25) is 0 Å². The van der Waals surface area contributed by atoms with E-state index >= 15 is 0 Å². The SMILES string of the molecule is COc1cc(C(N)CCC(F)(F)F)ccc1F. The molecule has 0 aromatic heterocycles. The number of rotatable bonds is 4. The number of hydrogen-bond donors (Lipinski definition) is 1. The molecule has 1 unspecified atom stereocenters. The van der Waals surface area contributed by atoms with Gasteiger partial charge in [-0.05, 0) is 24.1 Å². The number of benzene rings is 1. The Hall–Kier alpha value is -1.30. The van der Waals surface area contributed by atoms with E-state index in [1.54, 1.807) is 0 Å². The van der Waals surface area contributed by atoms with Crippen molar-refractivity contribution in [1.29, 1.82) is 0 Å². The first-order valence-corrected chi connectivity index (χ1v) is 4.99. The second kappa shape index (κ2) is 5.35. The zero-order chi connectivity index (χ0) is 13.1. The Morgan fingerprint density at radius 3 is 2.53 bits per heavy atom. The van der Waals surface area contributed by atoms with Gasteiger partial charge < -0.3 is 10.5 Å². The molecule has 0 heterocycles. The van der Waals surface area contributed by atoms with Crippen LogP contribution in [-0.2, 0) is 0 Å². The first-order chi connectivity index (χ1) is 7.83. The molecular weight excluding hydrogens is 238 g/mol. The second-order valence-electron chi connectivity index (χ2n) is 3.65. The van der Waals surface area contributed by atoms with E-state index in [0.717, 1.165) is 6.07 Å². The van der Waals surface area contributed by atoms with Gasteiger partial charge in [-0.1, -0.05) is 6.07 Å². The average molecular weight is 251 g/mol. The number of alkyl halides is 3. The Labute approximate surface area is 96.4 Å². The van der Waals surface area contributed by atoms with Gasteiger partial charge in [-0.3, -0.25) is 0 Å². The lowest BCUT2D eigenvalue weighted by Gasteiger charge is -2.14. The molecule has 17 heavy (non-hydrogen) atoms. The Morgan fingerprint density at radius 1 is 1.35 bits per heavy atom. The predicted octanol–water partition coefficient (Wildman–Crippen LogP) is 3.18. The third-order valence-electron chi connectivity index (χ3n) is 2.34. The van der Waals surface area contributed by atoms with Gasteiger partial charge in [0.15, 0.2) is 11.6 Å². The van der Waals surface area contributed by atoms with Crippen LogP contribution in [0.4, 0.5) is 17.6 Å². The molecule has 0 amide bonds. The van der Waals surface area contributed by atoms with Crippen LogP contribution in [0.15, 0.2) is 18.2 Å². The minimum atomic E-state index is -4.23. The van der Waals surface area contributed by atoms with Crippen LogP contribution >= 0.6 is 0 Å². The van der Waals surface area contributed by atoms with Crippen molar-refractivity contribution in [2.45, 2.75) is 25.1 Å². The molecular formula is C11H13F4NO. The summed E-state index contributed by atoms with van der Waals surface area (Å²) in [5, 5.41) is 0. The highest BCUT2D eigenvalue weighted by Gasteiger charge is 2.27.